The standard InChI is InChI=1S/C10H10ClN5S/c1-15(10(12)17)13-6-7-9(11)14-8-4-2-3-5-16(7)8/h2-6H,1H3,(H2,12,17). The Morgan fingerprint density at radius 1 is 1.65 bits per heavy atom. The molecule has 0 bridgehead atoms. The van der Waals surface area contributed by atoms with E-state index in [0.29, 0.717) is 10.8 Å². The number of hydrogen-bond acceptors (Lipinski definition) is 3. The van der Waals surface area contributed by atoms with E-state index < -0.39 is 0 Å². The molecule has 5 nitrogen and oxygen atoms in total. The molecule has 0 spiro atoms. The first-order chi connectivity index (χ1) is 8.09. The summed E-state index contributed by atoms with van der Waals surface area (Å²) in [5.41, 5.74) is 6.86. The Kier molecular flexibility index (Phi) is 3.26. The summed E-state index contributed by atoms with van der Waals surface area (Å²) < 4.78 is 1.83. The third-order valence-electron chi connectivity index (χ3n) is 2.19. The second kappa shape index (κ2) is 4.68. The molecular weight excluding hydrogens is 258 g/mol. The number of nitrogens with two attached hydrogens (primary N) is 1. The number of hydrogen-bond donors (Lipinski definition) is 1. The predicted octanol–water partition coefficient (Wildman–Crippen LogP) is 1.50. The van der Waals surface area contributed by atoms with Crippen molar-refractivity contribution in [2.45, 2.75) is 0 Å². The molecule has 2 N–H and O–H groups in total. The second-order valence-electron chi connectivity index (χ2n) is 3.32. The Hall–Kier alpha value is -1.66. The van der Waals surface area contributed by atoms with Crippen molar-refractivity contribution < 1.29 is 0 Å². The van der Waals surface area contributed by atoms with Crippen LogP contribution < -0.4 is 5.73 Å². The molecule has 88 valence electrons. The van der Waals surface area contributed by atoms with Crippen LogP contribution in [0.5, 0.6) is 0 Å². The summed E-state index contributed by atoms with van der Waals surface area (Å²) >= 11 is 10.8. The summed E-state index contributed by atoms with van der Waals surface area (Å²) in [5.74, 6) is 0. The maximum Gasteiger partial charge on any atom is 0.186 e. The van der Waals surface area contributed by atoms with Gasteiger partial charge in [0.25, 0.3) is 0 Å². The van der Waals surface area contributed by atoms with E-state index in [4.69, 9.17) is 29.6 Å². The molecule has 0 aliphatic carbocycles. The maximum absolute atomic E-state index is 6.02. The molecule has 17 heavy (non-hydrogen) atoms. The van der Waals surface area contributed by atoms with Gasteiger partial charge in [0.15, 0.2) is 10.3 Å². The Morgan fingerprint density at radius 2 is 2.41 bits per heavy atom. The molecule has 0 saturated heterocycles. The highest BCUT2D eigenvalue weighted by molar-refractivity contribution is 7.80. The molecule has 0 fully saturated rings. The minimum Gasteiger partial charge on any atom is -0.375 e. The van der Waals surface area contributed by atoms with E-state index in [0.717, 1.165) is 5.65 Å². The Morgan fingerprint density at radius 3 is 3.12 bits per heavy atom. The first-order valence-corrected chi connectivity index (χ1v) is 5.58. The summed E-state index contributed by atoms with van der Waals surface area (Å²) in [7, 11) is 1.66. The van der Waals surface area contributed by atoms with Gasteiger partial charge in [-0.05, 0) is 24.4 Å². The molecule has 7 heteroatoms. The van der Waals surface area contributed by atoms with Gasteiger partial charge in [0.1, 0.15) is 11.3 Å². The van der Waals surface area contributed by atoms with Crippen LogP contribution in [-0.4, -0.2) is 32.8 Å². The lowest BCUT2D eigenvalue weighted by Crippen LogP contribution is -2.27. The molecule has 0 unspecified atom stereocenters. The number of aromatic nitrogens is 2. The highest BCUT2D eigenvalue weighted by Gasteiger charge is 2.07. The van der Waals surface area contributed by atoms with E-state index in [1.54, 1.807) is 13.3 Å². The number of fused-ring (bicyclic) bond motifs is 1. The molecule has 0 aliphatic rings. The van der Waals surface area contributed by atoms with Gasteiger partial charge in [-0.2, -0.15) is 5.10 Å². The molecule has 0 aromatic carbocycles. The highest BCUT2D eigenvalue weighted by atomic mass is 35.5. The van der Waals surface area contributed by atoms with Gasteiger partial charge in [-0.3, -0.25) is 4.40 Å². The van der Waals surface area contributed by atoms with Crippen molar-refractivity contribution in [2.24, 2.45) is 10.8 Å². The van der Waals surface area contributed by atoms with Gasteiger partial charge in [-0.15, -0.1) is 0 Å². The zero-order valence-electron chi connectivity index (χ0n) is 9.04. The van der Waals surface area contributed by atoms with Gasteiger partial charge < -0.3 is 5.73 Å². The van der Waals surface area contributed by atoms with Crippen LogP contribution in [0.4, 0.5) is 0 Å². The van der Waals surface area contributed by atoms with E-state index in [9.17, 15) is 0 Å². The van der Waals surface area contributed by atoms with Crippen LogP contribution in [0.1, 0.15) is 5.69 Å². The van der Waals surface area contributed by atoms with Crippen molar-refractivity contribution in [1.82, 2.24) is 14.4 Å². The van der Waals surface area contributed by atoms with Crippen molar-refractivity contribution >= 4 is 40.8 Å². The Bertz CT molecular complexity index is 591. The van der Waals surface area contributed by atoms with Gasteiger partial charge in [0.05, 0.1) is 6.21 Å². The quantitative estimate of drug-likeness (QED) is 0.509. The van der Waals surface area contributed by atoms with E-state index in [2.05, 4.69) is 10.1 Å². The summed E-state index contributed by atoms with van der Waals surface area (Å²) in [5, 5.41) is 6.03. The summed E-state index contributed by atoms with van der Waals surface area (Å²) in [6.45, 7) is 0. The first kappa shape index (κ1) is 11.8. The molecule has 2 rings (SSSR count). The monoisotopic (exact) mass is 267 g/mol. The highest BCUT2D eigenvalue weighted by Crippen LogP contribution is 2.15. The predicted molar refractivity (Wildman–Crippen MR) is 72.3 cm³/mol. The van der Waals surface area contributed by atoms with Crippen molar-refractivity contribution in [3.05, 3.63) is 35.2 Å². The van der Waals surface area contributed by atoms with Crippen LogP contribution >= 0.6 is 23.8 Å². The van der Waals surface area contributed by atoms with Crippen LogP contribution in [0.15, 0.2) is 29.5 Å². The van der Waals surface area contributed by atoms with Crippen LogP contribution in [0.3, 0.4) is 0 Å². The molecule has 2 heterocycles. The van der Waals surface area contributed by atoms with E-state index in [1.165, 1.54) is 5.01 Å². The van der Waals surface area contributed by atoms with Crippen LogP contribution in [0.2, 0.25) is 5.15 Å². The molecule has 0 radical (unpaired) electrons. The van der Waals surface area contributed by atoms with Crippen LogP contribution in [0, 0.1) is 0 Å². The zero-order valence-corrected chi connectivity index (χ0v) is 10.6. The molecule has 0 aliphatic heterocycles. The average Bonchev–Trinajstić information content (AvgIpc) is 2.61. The number of hydrazone groups is 1. The number of pyridine rings is 1. The number of halogens is 1. The summed E-state index contributed by atoms with van der Waals surface area (Å²) in [4.78, 5) is 4.19. The SMILES string of the molecule is CN(N=Cc1c(Cl)nc2ccccn12)C(N)=S. The molecule has 0 amide bonds. The lowest BCUT2D eigenvalue weighted by atomic mass is 10.4. The minimum absolute atomic E-state index is 0.186. The average molecular weight is 268 g/mol. The van der Waals surface area contributed by atoms with Gasteiger partial charge in [0.2, 0.25) is 0 Å². The summed E-state index contributed by atoms with van der Waals surface area (Å²) in [6, 6.07) is 5.64. The smallest absolute Gasteiger partial charge is 0.186 e. The molecule has 2 aromatic rings. The summed E-state index contributed by atoms with van der Waals surface area (Å²) in [6.07, 6.45) is 3.43. The molecule has 2 aromatic heterocycles. The van der Waals surface area contributed by atoms with E-state index in [1.807, 2.05) is 28.8 Å². The molecule has 0 atom stereocenters. The lowest BCUT2D eigenvalue weighted by Gasteiger charge is -2.08. The normalized spacial score (nSPS) is 11.2. The van der Waals surface area contributed by atoms with Gasteiger partial charge >= 0.3 is 0 Å². The Balaban J connectivity index is 2.42. The van der Waals surface area contributed by atoms with Crippen molar-refractivity contribution in [3.63, 3.8) is 0 Å². The van der Waals surface area contributed by atoms with Crippen molar-refractivity contribution in [1.29, 1.82) is 0 Å². The second-order valence-corrected chi connectivity index (χ2v) is 4.10. The topological polar surface area (TPSA) is 58.9 Å². The van der Waals surface area contributed by atoms with Crippen LogP contribution in [-0.2, 0) is 0 Å². The van der Waals surface area contributed by atoms with Gasteiger partial charge in [0, 0.05) is 13.2 Å². The largest absolute Gasteiger partial charge is 0.375 e. The minimum atomic E-state index is 0.186. The fourth-order valence-corrected chi connectivity index (χ4v) is 1.57. The number of thiocarbonyl (C=S) groups is 1. The third-order valence-corrected chi connectivity index (χ3v) is 2.74. The fourth-order valence-electron chi connectivity index (χ4n) is 1.30. The number of nitrogens with zero attached hydrogens (tertiary/aromatic N) is 4. The lowest BCUT2D eigenvalue weighted by molar-refractivity contribution is 0.552. The molecule has 0 saturated carbocycles. The fraction of sp³-hybridized carbons (Fsp3) is 0.100. The Labute approximate surface area is 108 Å². The van der Waals surface area contributed by atoms with Gasteiger partial charge in [-0.1, -0.05) is 17.7 Å². The number of rotatable bonds is 2. The molecular formula is C10H10ClN5S. The van der Waals surface area contributed by atoms with E-state index in [-0.39, 0.29) is 5.11 Å². The first-order valence-electron chi connectivity index (χ1n) is 4.79. The third kappa shape index (κ3) is 2.37. The van der Waals surface area contributed by atoms with Crippen molar-refractivity contribution in [3.8, 4) is 0 Å². The zero-order chi connectivity index (χ0) is 12.4. The number of imidazole rings is 1. The van der Waals surface area contributed by atoms with Crippen molar-refractivity contribution in [2.75, 3.05) is 7.05 Å². The van der Waals surface area contributed by atoms with Crippen LogP contribution in [0.25, 0.3) is 5.65 Å². The maximum atomic E-state index is 6.02. The van der Waals surface area contributed by atoms with Gasteiger partial charge in [-0.25, -0.2) is 9.99 Å². The van der Waals surface area contributed by atoms with E-state index >= 15 is 0 Å².